The molecule has 3 amide bonds. The van der Waals surface area contributed by atoms with Crippen LogP contribution in [0.5, 0.6) is 23.0 Å². The second kappa shape index (κ2) is 19.3. The molecule has 3 aromatic rings. The first-order chi connectivity index (χ1) is 29.5. The zero-order chi connectivity index (χ0) is 44.8. The molecule has 15 heteroatoms. The Labute approximate surface area is 361 Å². The molecule has 0 radical (unpaired) electrons. The van der Waals surface area contributed by atoms with Crippen LogP contribution in [-0.2, 0) is 34.2 Å². The average molecular weight is 853 g/mol. The van der Waals surface area contributed by atoms with E-state index in [0.29, 0.717) is 62.6 Å². The van der Waals surface area contributed by atoms with Crippen LogP contribution in [0.25, 0.3) is 0 Å². The van der Waals surface area contributed by atoms with Crippen LogP contribution >= 0.6 is 0 Å². The minimum absolute atomic E-state index is 0.0299. The van der Waals surface area contributed by atoms with Crippen molar-refractivity contribution in [2.24, 2.45) is 5.41 Å². The first-order valence-electron chi connectivity index (χ1n) is 20.8. The van der Waals surface area contributed by atoms with Crippen molar-refractivity contribution in [3.05, 3.63) is 105 Å². The van der Waals surface area contributed by atoms with Crippen molar-refractivity contribution in [3.63, 3.8) is 0 Å². The fourth-order valence-corrected chi connectivity index (χ4v) is 8.05. The van der Waals surface area contributed by atoms with Gasteiger partial charge in [0.2, 0.25) is 11.8 Å². The minimum Gasteiger partial charge on any atom is -0.508 e. The van der Waals surface area contributed by atoms with Gasteiger partial charge in [0.05, 0.1) is 32.0 Å². The van der Waals surface area contributed by atoms with Gasteiger partial charge in [0.1, 0.15) is 23.0 Å². The number of rotatable bonds is 19. The van der Waals surface area contributed by atoms with Crippen molar-refractivity contribution in [1.82, 2.24) is 20.9 Å². The number of fused-ring (bicyclic) bond motifs is 6. The lowest BCUT2D eigenvalue weighted by Gasteiger charge is -2.36. The molecule has 15 nitrogen and oxygen atoms in total. The number of carbonyl (C=O) groups excluding carboxylic acids is 5. The lowest BCUT2D eigenvalue weighted by atomic mass is 9.72. The third-order valence-electron chi connectivity index (χ3n) is 11.7. The molecule has 6 rings (SSSR count). The molecule has 3 aliphatic rings. The molecule has 0 unspecified atom stereocenters. The monoisotopic (exact) mass is 852 g/mol. The number of nitrogens with one attached hydrogen (secondary N) is 3. The van der Waals surface area contributed by atoms with E-state index in [2.05, 4.69) is 16.0 Å². The molecule has 3 aromatic carbocycles. The van der Waals surface area contributed by atoms with E-state index >= 15 is 0 Å². The second-order valence-electron chi connectivity index (χ2n) is 16.5. The Kier molecular flexibility index (Phi) is 14.2. The summed E-state index contributed by atoms with van der Waals surface area (Å²) in [5, 5.41) is 29.0. The number of phenols is 2. The minimum atomic E-state index is -1.43. The largest absolute Gasteiger partial charge is 0.508 e. The number of aromatic hydroxyl groups is 2. The summed E-state index contributed by atoms with van der Waals surface area (Å²) < 4.78 is 23.2. The highest BCUT2D eigenvalue weighted by Crippen LogP contribution is 2.57. The van der Waals surface area contributed by atoms with E-state index in [9.17, 15) is 34.2 Å². The van der Waals surface area contributed by atoms with Gasteiger partial charge in [-0.1, -0.05) is 31.1 Å². The number of nitrogens with zero attached hydrogens (tertiary/aromatic N) is 1. The SMILES string of the molecule is CC1=C(C)C(=O)C(C)=C(C(C)(C)CC(=O)N(C)CCNCCOCCOCCC(=O)NCCNC(=O)c2ccc3c(c2)C(=O)OC32c3ccc(O)cc3Oc3cc(O)ccc32)C1. The number of phenolic OH excluding ortho intramolecular Hbond substituents is 2. The van der Waals surface area contributed by atoms with Crippen LogP contribution in [0.2, 0.25) is 0 Å². The molecule has 0 aromatic heterocycles. The highest BCUT2D eigenvalue weighted by Gasteiger charge is 2.54. The third kappa shape index (κ3) is 9.85. The number of hydrogen-bond acceptors (Lipinski definition) is 12. The van der Waals surface area contributed by atoms with Crippen LogP contribution in [0.3, 0.4) is 0 Å². The molecular formula is C47H56N4O11. The summed E-state index contributed by atoms with van der Waals surface area (Å²) in [4.78, 5) is 66.1. The zero-order valence-electron chi connectivity index (χ0n) is 36.2. The highest BCUT2D eigenvalue weighted by molar-refractivity contribution is 6.09. The van der Waals surface area contributed by atoms with Crippen molar-refractivity contribution in [2.75, 3.05) is 66.2 Å². The Balaban J connectivity index is 0.830. The summed E-state index contributed by atoms with van der Waals surface area (Å²) >= 11 is 0. The van der Waals surface area contributed by atoms with Gasteiger partial charge in [0, 0.05) is 87.0 Å². The quantitative estimate of drug-likeness (QED) is 0.0798. The molecular weight excluding hydrogens is 797 g/mol. The number of ketones is 1. The Hall–Kier alpha value is -6.03. The predicted molar refractivity (Wildman–Crippen MR) is 229 cm³/mol. The lowest BCUT2D eigenvalue weighted by Crippen LogP contribution is -2.37. The Morgan fingerprint density at radius 1 is 0.790 bits per heavy atom. The number of amides is 3. The molecule has 0 saturated carbocycles. The van der Waals surface area contributed by atoms with Gasteiger partial charge in [-0.05, 0) is 80.2 Å². The molecule has 62 heavy (non-hydrogen) atoms. The number of benzene rings is 3. The molecule has 1 spiro atoms. The van der Waals surface area contributed by atoms with E-state index < -0.39 is 22.9 Å². The first-order valence-corrected chi connectivity index (χ1v) is 20.8. The molecule has 0 bridgehead atoms. The number of ether oxygens (including phenoxy) is 4. The van der Waals surface area contributed by atoms with E-state index in [1.54, 1.807) is 36.2 Å². The number of Topliss-reactive ketones (excluding diaryl/α,β-unsaturated/α-hetero) is 1. The van der Waals surface area contributed by atoms with E-state index in [1.165, 1.54) is 30.3 Å². The number of hydrogen-bond donors (Lipinski definition) is 5. The van der Waals surface area contributed by atoms with Crippen molar-refractivity contribution >= 4 is 29.5 Å². The maximum Gasteiger partial charge on any atom is 0.340 e. The predicted octanol–water partition coefficient (Wildman–Crippen LogP) is 5.03. The number of esters is 1. The maximum atomic E-state index is 13.4. The average Bonchev–Trinajstić information content (AvgIpc) is 3.52. The van der Waals surface area contributed by atoms with Gasteiger partial charge in [0.15, 0.2) is 11.4 Å². The van der Waals surface area contributed by atoms with Gasteiger partial charge < -0.3 is 50.0 Å². The Morgan fingerprint density at radius 2 is 1.42 bits per heavy atom. The fourth-order valence-electron chi connectivity index (χ4n) is 8.05. The van der Waals surface area contributed by atoms with Crippen molar-refractivity contribution < 1.29 is 53.1 Å². The van der Waals surface area contributed by atoms with Crippen LogP contribution in [0.1, 0.15) is 91.3 Å². The van der Waals surface area contributed by atoms with E-state index in [-0.39, 0.29) is 77.8 Å². The molecule has 5 N–H and O–H groups in total. The van der Waals surface area contributed by atoms with Crippen LogP contribution in [0.4, 0.5) is 0 Å². The summed E-state index contributed by atoms with van der Waals surface area (Å²) in [6.07, 6.45) is 1.18. The fraction of sp³-hybridized carbons (Fsp3) is 0.426. The molecule has 0 fully saturated rings. The molecule has 330 valence electrons. The smallest absolute Gasteiger partial charge is 0.340 e. The highest BCUT2D eigenvalue weighted by atomic mass is 16.6. The summed E-state index contributed by atoms with van der Waals surface area (Å²) in [5.74, 6) is -0.829. The second-order valence-corrected chi connectivity index (χ2v) is 16.5. The first kappa shape index (κ1) is 45.5. The van der Waals surface area contributed by atoms with Crippen molar-refractivity contribution in [1.29, 1.82) is 0 Å². The van der Waals surface area contributed by atoms with E-state index in [1.807, 2.05) is 34.6 Å². The maximum absolute atomic E-state index is 13.4. The number of carbonyl (C=O) groups is 5. The summed E-state index contributed by atoms with van der Waals surface area (Å²) in [6, 6.07) is 13.6. The zero-order valence-corrected chi connectivity index (χ0v) is 36.2. The van der Waals surface area contributed by atoms with Gasteiger partial charge in [-0.25, -0.2) is 4.79 Å². The van der Waals surface area contributed by atoms with Crippen LogP contribution in [-0.4, -0.2) is 111 Å². The Bertz CT molecular complexity index is 2260. The van der Waals surface area contributed by atoms with Crippen LogP contribution in [0, 0.1) is 5.41 Å². The molecule has 2 heterocycles. The van der Waals surface area contributed by atoms with E-state index in [0.717, 1.165) is 28.7 Å². The molecule has 2 aliphatic heterocycles. The van der Waals surface area contributed by atoms with Gasteiger partial charge in [0.25, 0.3) is 5.91 Å². The van der Waals surface area contributed by atoms with Gasteiger partial charge in [-0.15, -0.1) is 0 Å². The molecule has 1 aliphatic carbocycles. The van der Waals surface area contributed by atoms with Gasteiger partial charge >= 0.3 is 5.97 Å². The summed E-state index contributed by atoms with van der Waals surface area (Å²) in [7, 11) is 1.79. The standard InChI is InChI=1S/C47H56N4O11/c1-28-23-38(30(3)43(56)29(28)2)46(4,5)27-42(55)51(6)18-16-48-17-20-60-22-21-59-19-13-41(54)49-14-15-50-44(57)31-7-10-35-34(24-31)45(58)62-47(35)36-11-8-32(52)25-39(36)61-40-26-33(53)9-12-37(40)47/h7-12,24-26,48,52-53H,13-23,27H2,1-6H3,(H,49,54)(H,50,57). The topological polar surface area (TPSA) is 202 Å². The number of allylic oxidation sites excluding steroid dienone is 4. The van der Waals surface area contributed by atoms with Gasteiger partial charge in [-0.2, -0.15) is 0 Å². The third-order valence-corrected chi connectivity index (χ3v) is 11.7. The normalized spacial score (nSPS) is 15.1. The van der Waals surface area contributed by atoms with Crippen LogP contribution in [0.15, 0.2) is 76.9 Å². The molecule has 0 atom stereocenters. The van der Waals surface area contributed by atoms with Crippen LogP contribution < -0.4 is 20.7 Å². The van der Waals surface area contributed by atoms with Crippen molar-refractivity contribution in [3.8, 4) is 23.0 Å². The van der Waals surface area contributed by atoms with E-state index in [4.69, 9.17) is 18.9 Å². The van der Waals surface area contributed by atoms with Gasteiger partial charge in [-0.3, -0.25) is 19.2 Å². The molecule has 0 saturated heterocycles. The van der Waals surface area contributed by atoms with Crippen molar-refractivity contribution in [2.45, 2.75) is 59.5 Å². The lowest BCUT2D eigenvalue weighted by molar-refractivity contribution is -0.131. The summed E-state index contributed by atoms with van der Waals surface area (Å²) in [5.41, 5.74) is 3.66. The Morgan fingerprint density at radius 3 is 2.10 bits per heavy atom. The summed E-state index contributed by atoms with van der Waals surface area (Å²) in [6.45, 7) is 13.2. The number of likely N-dealkylation sites (N-methyl/N-ethyl adjacent to an activating group) is 1.